The maximum Gasteiger partial charge on any atom is 0.230 e. The van der Waals surface area contributed by atoms with E-state index in [-0.39, 0.29) is 18.0 Å². The van der Waals surface area contributed by atoms with E-state index < -0.39 is 12.0 Å². The van der Waals surface area contributed by atoms with E-state index in [0.717, 1.165) is 29.0 Å². The Morgan fingerprint density at radius 3 is 2.80 bits per heavy atom. The Bertz CT molecular complexity index is 1080. The van der Waals surface area contributed by atoms with Crippen molar-refractivity contribution in [1.29, 1.82) is 0 Å². The number of aryl methyl sites for hydroxylation is 1. The van der Waals surface area contributed by atoms with Crippen molar-refractivity contribution in [3.8, 4) is 11.5 Å². The first kappa shape index (κ1) is 25.4. The number of para-hydroxylation sites is 1. The number of ether oxygens (including phenoxy) is 2. The summed E-state index contributed by atoms with van der Waals surface area (Å²) in [5, 5.41) is 14.3. The Hall–Kier alpha value is -2.68. The number of hydrogen-bond donors (Lipinski definition) is 2. The number of methoxy groups -OCH3 is 1. The van der Waals surface area contributed by atoms with Gasteiger partial charge in [0.1, 0.15) is 11.5 Å². The Kier molecular flexibility index (Phi) is 7.94. The Morgan fingerprint density at radius 2 is 2.09 bits per heavy atom. The highest BCUT2D eigenvalue weighted by molar-refractivity contribution is 7.80. The number of hydrogen-bond acceptors (Lipinski definition) is 5. The molecule has 0 spiro atoms. The number of aliphatic hydroxyl groups is 1. The van der Waals surface area contributed by atoms with Gasteiger partial charge < -0.3 is 29.7 Å². The van der Waals surface area contributed by atoms with E-state index in [4.69, 9.17) is 21.7 Å². The third-order valence-electron chi connectivity index (χ3n) is 7.16. The first-order valence-electron chi connectivity index (χ1n) is 12.2. The molecule has 7 nitrogen and oxygen atoms in total. The number of piperidine rings is 1. The molecule has 0 aliphatic carbocycles. The molecule has 1 amide bonds. The summed E-state index contributed by atoms with van der Waals surface area (Å²) < 4.78 is 11.3. The van der Waals surface area contributed by atoms with Gasteiger partial charge in [-0.1, -0.05) is 24.3 Å². The zero-order valence-corrected chi connectivity index (χ0v) is 21.7. The van der Waals surface area contributed by atoms with Crippen molar-refractivity contribution in [2.75, 3.05) is 33.9 Å². The Labute approximate surface area is 213 Å². The number of aliphatic hydroxyl groups excluding tert-OH is 1. The van der Waals surface area contributed by atoms with Crippen LogP contribution in [0, 0.1) is 12.8 Å². The fraction of sp³-hybridized carbons (Fsp3) is 0.481. The van der Waals surface area contributed by atoms with E-state index in [2.05, 4.69) is 17.4 Å². The smallest absolute Gasteiger partial charge is 0.230 e. The van der Waals surface area contributed by atoms with Crippen molar-refractivity contribution in [2.45, 2.75) is 44.9 Å². The maximum atomic E-state index is 13.7. The number of benzene rings is 2. The lowest BCUT2D eigenvalue weighted by molar-refractivity contribution is -0.151. The molecular weight excluding hydrogens is 462 g/mol. The topological polar surface area (TPSA) is 74.3 Å². The molecule has 188 valence electrons. The molecule has 2 aromatic carbocycles. The van der Waals surface area contributed by atoms with Gasteiger partial charge in [-0.25, -0.2) is 0 Å². The van der Waals surface area contributed by atoms with E-state index in [1.54, 1.807) is 14.0 Å². The van der Waals surface area contributed by atoms with Gasteiger partial charge in [0.2, 0.25) is 5.91 Å². The first-order valence-corrected chi connectivity index (χ1v) is 12.6. The SMILES string of the molecule is COCCNC(=S)N(C)[C@H]1C[C@H]2c3cc(Oc4ccccc4C)ccc3CCN2C(=O)[C@H]1[C@H](C)O. The molecule has 4 atom stereocenters. The van der Waals surface area contributed by atoms with Gasteiger partial charge in [-0.2, -0.15) is 0 Å². The zero-order valence-electron chi connectivity index (χ0n) is 20.9. The molecule has 0 radical (unpaired) electrons. The molecular formula is C27H35N3O4S. The average molecular weight is 498 g/mol. The van der Waals surface area contributed by atoms with Gasteiger partial charge in [-0.05, 0) is 73.8 Å². The van der Waals surface area contributed by atoms with Crippen LogP contribution in [0.1, 0.15) is 36.1 Å². The number of fused-ring (bicyclic) bond motifs is 3. The lowest BCUT2D eigenvalue weighted by Crippen LogP contribution is -2.60. The quantitative estimate of drug-likeness (QED) is 0.448. The van der Waals surface area contributed by atoms with Gasteiger partial charge >= 0.3 is 0 Å². The second-order valence-corrected chi connectivity index (χ2v) is 9.82. The van der Waals surface area contributed by atoms with Crippen molar-refractivity contribution in [3.05, 3.63) is 59.2 Å². The molecule has 0 unspecified atom stereocenters. The van der Waals surface area contributed by atoms with Crippen LogP contribution in [-0.4, -0.2) is 71.9 Å². The molecule has 1 saturated heterocycles. The lowest BCUT2D eigenvalue weighted by Gasteiger charge is -2.50. The van der Waals surface area contributed by atoms with Crippen LogP contribution in [-0.2, 0) is 16.0 Å². The minimum absolute atomic E-state index is 0.0244. The third-order valence-corrected chi connectivity index (χ3v) is 7.60. The van der Waals surface area contributed by atoms with Crippen molar-refractivity contribution in [1.82, 2.24) is 15.1 Å². The minimum Gasteiger partial charge on any atom is -0.457 e. The molecule has 8 heteroatoms. The molecule has 0 bridgehead atoms. The second-order valence-electron chi connectivity index (χ2n) is 9.43. The van der Waals surface area contributed by atoms with Crippen LogP contribution in [0.5, 0.6) is 11.5 Å². The summed E-state index contributed by atoms with van der Waals surface area (Å²) in [5.74, 6) is 1.00. The van der Waals surface area contributed by atoms with Crippen molar-refractivity contribution < 1.29 is 19.4 Å². The Morgan fingerprint density at radius 1 is 1.31 bits per heavy atom. The second kappa shape index (κ2) is 10.9. The molecule has 2 heterocycles. The van der Waals surface area contributed by atoms with Gasteiger partial charge in [0.25, 0.3) is 0 Å². The van der Waals surface area contributed by atoms with Crippen molar-refractivity contribution in [2.24, 2.45) is 5.92 Å². The number of rotatable bonds is 7. The molecule has 4 rings (SSSR count). The number of carbonyl (C=O) groups is 1. The summed E-state index contributed by atoms with van der Waals surface area (Å²) in [6, 6.07) is 13.8. The molecule has 2 N–H and O–H groups in total. The van der Waals surface area contributed by atoms with Gasteiger partial charge in [0.15, 0.2) is 5.11 Å². The molecule has 1 fully saturated rings. The third kappa shape index (κ3) is 5.29. The predicted molar refractivity (Wildman–Crippen MR) is 140 cm³/mol. The van der Waals surface area contributed by atoms with E-state index in [0.29, 0.717) is 31.2 Å². The average Bonchev–Trinajstić information content (AvgIpc) is 2.84. The summed E-state index contributed by atoms with van der Waals surface area (Å²) in [4.78, 5) is 17.5. The van der Waals surface area contributed by atoms with E-state index in [1.807, 2.05) is 54.1 Å². The van der Waals surface area contributed by atoms with E-state index in [1.165, 1.54) is 5.56 Å². The number of nitrogens with one attached hydrogen (secondary N) is 1. The van der Waals surface area contributed by atoms with Crippen LogP contribution in [0.25, 0.3) is 0 Å². The number of thiocarbonyl (C=S) groups is 1. The fourth-order valence-corrected chi connectivity index (χ4v) is 5.49. The highest BCUT2D eigenvalue weighted by Gasteiger charge is 2.48. The maximum absolute atomic E-state index is 13.7. The van der Waals surface area contributed by atoms with Crippen LogP contribution >= 0.6 is 12.2 Å². The number of amides is 1. The van der Waals surface area contributed by atoms with Gasteiger partial charge in [-0.3, -0.25) is 4.79 Å². The number of carbonyl (C=O) groups excluding carboxylic acids is 1. The van der Waals surface area contributed by atoms with E-state index in [9.17, 15) is 9.90 Å². The minimum atomic E-state index is -0.783. The zero-order chi connectivity index (χ0) is 25.1. The normalized spacial score (nSPS) is 22.1. The summed E-state index contributed by atoms with van der Waals surface area (Å²) in [6.07, 6.45) is 0.673. The van der Waals surface area contributed by atoms with Crippen LogP contribution in [0.15, 0.2) is 42.5 Å². The molecule has 2 aliphatic rings. The molecule has 2 aromatic rings. The summed E-state index contributed by atoms with van der Waals surface area (Å²) in [5.41, 5.74) is 3.40. The molecule has 35 heavy (non-hydrogen) atoms. The fourth-order valence-electron chi connectivity index (χ4n) is 5.25. The van der Waals surface area contributed by atoms with Crippen LogP contribution in [0.3, 0.4) is 0 Å². The van der Waals surface area contributed by atoms with Crippen LogP contribution < -0.4 is 10.1 Å². The molecule has 0 aromatic heterocycles. The Balaban J connectivity index is 1.63. The summed E-state index contributed by atoms with van der Waals surface area (Å²) in [7, 11) is 3.54. The summed E-state index contributed by atoms with van der Waals surface area (Å²) >= 11 is 5.61. The van der Waals surface area contributed by atoms with Gasteiger partial charge in [0, 0.05) is 33.3 Å². The lowest BCUT2D eigenvalue weighted by atomic mass is 9.77. The van der Waals surface area contributed by atoms with Crippen LogP contribution in [0.2, 0.25) is 0 Å². The van der Waals surface area contributed by atoms with Crippen molar-refractivity contribution in [3.63, 3.8) is 0 Å². The van der Waals surface area contributed by atoms with Gasteiger partial charge in [0.05, 0.1) is 24.7 Å². The number of nitrogens with zero attached hydrogens (tertiary/aromatic N) is 2. The molecule has 2 aliphatic heterocycles. The standard InChI is InChI=1S/C27H35N3O4S/c1-17-7-5-6-8-24(17)34-20-10-9-19-11-13-30-22(21(19)15-20)16-23(25(18(2)31)26(30)32)29(3)27(35)28-12-14-33-4/h5-10,15,18,22-23,25,31H,11-14,16H2,1-4H3,(H,28,35)/t18-,22-,23-,25-/m0/s1. The van der Waals surface area contributed by atoms with Crippen molar-refractivity contribution >= 4 is 23.2 Å². The van der Waals surface area contributed by atoms with Gasteiger partial charge in [-0.15, -0.1) is 0 Å². The first-order chi connectivity index (χ1) is 16.8. The largest absolute Gasteiger partial charge is 0.457 e. The molecule has 0 saturated carbocycles. The predicted octanol–water partition coefficient (Wildman–Crippen LogP) is 3.44. The highest BCUT2D eigenvalue weighted by Crippen LogP contribution is 2.43. The monoisotopic (exact) mass is 497 g/mol. The highest BCUT2D eigenvalue weighted by atomic mass is 32.1. The van der Waals surface area contributed by atoms with Crippen LogP contribution in [0.4, 0.5) is 0 Å². The van der Waals surface area contributed by atoms with E-state index >= 15 is 0 Å². The summed E-state index contributed by atoms with van der Waals surface area (Å²) in [6.45, 7) is 5.47.